The minimum atomic E-state index is -0.422. The number of carbonyl (C=O) groups excluding carboxylic acids is 2. The molecule has 1 atom stereocenters. The van der Waals surface area contributed by atoms with Crippen molar-refractivity contribution < 1.29 is 14.3 Å². The van der Waals surface area contributed by atoms with E-state index >= 15 is 0 Å². The van der Waals surface area contributed by atoms with Crippen molar-refractivity contribution in [1.29, 1.82) is 0 Å². The summed E-state index contributed by atoms with van der Waals surface area (Å²) in [6, 6.07) is -0.0931. The van der Waals surface area contributed by atoms with Crippen LogP contribution in [0.2, 0.25) is 0 Å². The van der Waals surface area contributed by atoms with Crippen molar-refractivity contribution >= 4 is 48.0 Å². The molecule has 0 bridgehead atoms. The largest absolute Gasteiger partial charge is 0.461 e. The van der Waals surface area contributed by atoms with Crippen LogP contribution in [0.1, 0.15) is 35.3 Å². The topological polar surface area (TPSA) is 80.3 Å². The lowest BCUT2D eigenvalue weighted by atomic mass is 10.2. The second kappa shape index (κ2) is 9.94. The predicted octanol–water partition coefficient (Wildman–Crippen LogP) is 1.53. The van der Waals surface area contributed by atoms with E-state index < -0.39 is 5.97 Å². The third-order valence-corrected chi connectivity index (χ3v) is 3.68. The molecule has 0 radical (unpaired) electrons. The molecule has 1 aliphatic heterocycles. The number of nitrogens with zero attached hydrogens (tertiary/aromatic N) is 1. The highest BCUT2D eigenvalue weighted by Crippen LogP contribution is 2.11. The summed E-state index contributed by atoms with van der Waals surface area (Å²) in [4.78, 5) is 27.3. The fourth-order valence-corrected chi connectivity index (χ4v) is 2.59. The maximum Gasteiger partial charge on any atom is 0.357 e. The average molecular weight is 356 g/mol. The van der Waals surface area contributed by atoms with Gasteiger partial charge in [0, 0.05) is 5.38 Å². The molecule has 0 unspecified atom stereocenters. The Morgan fingerprint density at radius 2 is 2.29 bits per heavy atom. The molecule has 120 valence electrons. The van der Waals surface area contributed by atoms with Crippen LogP contribution < -0.4 is 10.6 Å². The van der Waals surface area contributed by atoms with Crippen molar-refractivity contribution in [3.05, 3.63) is 16.1 Å². The van der Waals surface area contributed by atoms with Gasteiger partial charge in [0.15, 0.2) is 5.69 Å². The minimum Gasteiger partial charge on any atom is -0.461 e. The molecule has 1 aromatic heterocycles. The molecule has 1 amide bonds. The molecule has 1 aromatic rings. The summed E-state index contributed by atoms with van der Waals surface area (Å²) >= 11 is 1.34. The first-order valence-corrected chi connectivity index (χ1v) is 7.21. The highest BCUT2D eigenvalue weighted by molar-refractivity contribution is 7.09. The Morgan fingerprint density at radius 3 is 2.90 bits per heavy atom. The quantitative estimate of drug-likeness (QED) is 0.783. The van der Waals surface area contributed by atoms with Gasteiger partial charge in [0.25, 0.3) is 0 Å². The Hall–Kier alpha value is -0.890. The second-order valence-corrected chi connectivity index (χ2v) is 5.16. The molecule has 0 spiro atoms. The van der Waals surface area contributed by atoms with E-state index in [2.05, 4.69) is 15.6 Å². The van der Waals surface area contributed by atoms with Crippen LogP contribution in [-0.4, -0.2) is 36.1 Å². The molecular formula is C12H19Cl2N3O3S. The SMILES string of the molecule is CCOC(=O)c1csc(CNC(=O)[C@@H]2CCCN2)n1.Cl.Cl. The van der Waals surface area contributed by atoms with Gasteiger partial charge in [-0.1, -0.05) is 0 Å². The maximum absolute atomic E-state index is 11.8. The van der Waals surface area contributed by atoms with Gasteiger partial charge in [0.1, 0.15) is 5.01 Å². The fraction of sp³-hybridized carbons (Fsp3) is 0.583. The van der Waals surface area contributed by atoms with E-state index in [9.17, 15) is 9.59 Å². The van der Waals surface area contributed by atoms with Crippen LogP contribution in [0.25, 0.3) is 0 Å². The average Bonchev–Trinajstić information content (AvgIpc) is 3.07. The van der Waals surface area contributed by atoms with E-state index in [-0.39, 0.29) is 36.8 Å². The normalized spacial score (nSPS) is 16.5. The lowest BCUT2D eigenvalue weighted by Gasteiger charge is -2.09. The molecule has 6 nitrogen and oxygen atoms in total. The van der Waals surface area contributed by atoms with Gasteiger partial charge in [-0.15, -0.1) is 36.2 Å². The van der Waals surface area contributed by atoms with Gasteiger partial charge < -0.3 is 15.4 Å². The lowest BCUT2D eigenvalue weighted by molar-refractivity contribution is -0.122. The summed E-state index contributed by atoms with van der Waals surface area (Å²) in [5.41, 5.74) is 0.301. The predicted molar refractivity (Wildman–Crippen MR) is 85.4 cm³/mol. The van der Waals surface area contributed by atoms with Crippen molar-refractivity contribution in [1.82, 2.24) is 15.6 Å². The summed E-state index contributed by atoms with van der Waals surface area (Å²) in [6.45, 7) is 3.32. The fourth-order valence-electron chi connectivity index (χ4n) is 1.89. The van der Waals surface area contributed by atoms with E-state index in [0.29, 0.717) is 23.9 Å². The molecule has 2 N–H and O–H groups in total. The number of hydrogen-bond donors (Lipinski definition) is 2. The van der Waals surface area contributed by atoms with E-state index in [1.807, 2.05) is 0 Å². The number of halogens is 2. The third kappa shape index (κ3) is 5.78. The summed E-state index contributed by atoms with van der Waals surface area (Å²) in [5, 5.41) is 8.30. The highest BCUT2D eigenvalue weighted by Gasteiger charge is 2.21. The van der Waals surface area contributed by atoms with E-state index in [0.717, 1.165) is 19.4 Å². The minimum absolute atomic E-state index is 0. The molecule has 0 aromatic carbocycles. The number of rotatable bonds is 5. The van der Waals surface area contributed by atoms with E-state index in [1.165, 1.54) is 11.3 Å². The van der Waals surface area contributed by atoms with Crippen molar-refractivity contribution in [3.8, 4) is 0 Å². The smallest absolute Gasteiger partial charge is 0.357 e. The number of nitrogens with one attached hydrogen (secondary N) is 2. The van der Waals surface area contributed by atoms with Crippen LogP contribution in [0.3, 0.4) is 0 Å². The zero-order chi connectivity index (χ0) is 13.7. The Bertz CT molecular complexity index is 464. The first-order valence-electron chi connectivity index (χ1n) is 6.33. The first kappa shape index (κ1) is 20.1. The zero-order valence-corrected chi connectivity index (χ0v) is 14.0. The van der Waals surface area contributed by atoms with Crippen LogP contribution in [0.5, 0.6) is 0 Å². The Kier molecular flexibility index (Phi) is 9.52. The van der Waals surface area contributed by atoms with Crippen molar-refractivity contribution in [2.75, 3.05) is 13.2 Å². The van der Waals surface area contributed by atoms with Crippen LogP contribution in [0.4, 0.5) is 0 Å². The third-order valence-electron chi connectivity index (χ3n) is 2.83. The van der Waals surface area contributed by atoms with Gasteiger partial charge in [0.2, 0.25) is 5.91 Å². The molecule has 0 aliphatic carbocycles. The summed E-state index contributed by atoms with van der Waals surface area (Å²) < 4.78 is 4.86. The van der Waals surface area contributed by atoms with Crippen molar-refractivity contribution in [2.45, 2.75) is 32.4 Å². The lowest BCUT2D eigenvalue weighted by Crippen LogP contribution is -2.39. The Labute approximate surface area is 139 Å². The number of carbonyl (C=O) groups is 2. The van der Waals surface area contributed by atoms with Gasteiger partial charge in [0.05, 0.1) is 19.2 Å². The molecule has 1 fully saturated rings. The van der Waals surface area contributed by atoms with Crippen LogP contribution >= 0.6 is 36.2 Å². The number of thiazole rings is 1. The van der Waals surface area contributed by atoms with Crippen LogP contribution in [0, 0.1) is 0 Å². The number of esters is 1. The maximum atomic E-state index is 11.8. The molecular weight excluding hydrogens is 337 g/mol. The molecule has 2 rings (SSSR count). The van der Waals surface area contributed by atoms with E-state index in [4.69, 9.17) is 4.74 Å². The first-order chi connectivity index (χ1) is 9.20. The molecule has 9 heteroatoms. The van der Waals surface area contributed by atoms with Gasteiger partial charge in [-0.2, -0.15) is 0 Å². The monoisotopic (exact) mass is 355 g/mol. The number of ether oxygens (including phenoxy) is 1. The number of amides is 1. The van der Waals surface area contributed by atoms with Crippen LogP contribution in [0.15, 0.2) is 5.38 Å². The van der Waals surface area contributed by atoms with E-state index in [1.54, 1.807) is 12.3 Å². The molecule has 21 heavy (non-hydrogen) atoms. The standard InChI is InChI=1S/C12H17N3O3S.2ClH/c1-2-18-12(17)9-7-19-10(15-9)6-14-11(16)8-4-3-5-13-8;;/h7-8,13H,2-6H2,1H3,(H,14,16);2*1H/t8-;;/m0../s1. The van der Waals surface area contributed by atoms with Crippen molar-refractivity contribution in [3.63, 3.8) is 0 Å². The Morgan fingerprint density at radius 1 is 1.52 bits per heavy atom. The summed E-state index contributed by atoms with van der Waals surface area (Å²) in [7, 11) is 0. The highest BCUT2D eigenvalue weighted by atomic mass is 35.5. The number of aromatic nitrogens is 1. The van der Waals surface area contributed by atoms with Gasteiger partial charge in [-0.25, -0.2) is 9.78 Å². The summed E-state index contributed by atoms with van der Waals surface area (Å²) in [5.74, 6) is -0.431. The van der Waals surface area contributed by atoms with Crippen molar-refractivity contribution in [2.24, 2.45) is 0 Å². The number of hydrogen-bond acceptors (Lipinski definition) is 6. The van der Waals surface area contributed by atoms with Gasteiger partial charge >= 0.3 is 5.97 Å². The van der Waals surface area contributed by atoms with Crippen LogP contribution in [-0.2, 0) is 16.1 Å². The van der Waals surface area contributed by atoms with Gasteiger partial charge in [-0.3, -0.25) is 4.79 Å². The van der Waals surface area contributed by atoms with Gasteiger partial charge in [-0.05, 0) is 26.3 Å². The zero-order valence-electron chi connectivity index (χ0n) is 11.6. The molecule has 2 heterocycles. The molecule has 1 saturated heterocycles. The Balaban J connectivity index is 0.00000200. The summed E-state index contributed by atoms with van der Waals surface area (Å²) in [6.07, 6.45) is 1.90. The molecule has 0 saturated carbocycles. The second-order valence-electron chi connectivity index (χ2n) is 4.21. The molecule has 1 aliphatic rings.